The van der Waals surface area contributed by atoms with Crippen molar-refractivity contribution in [3.05, 3.63) is 72.6 Å². The van der Waals surface area contributed by atoms with Crippen LogP contribution in [0.3, 0.4) is 0 Å². The van der Waals surface area contributed by atoms with Crippen molar-refractivity contribution in [1.29, 1.82) is 0 Å². The number of hydrogen-bond donors (Lipinski definition) is 2. The van der Waals surface area contributed by atoms with Crippen molar-refractivity contribution in [3.63, 3.8) is 0 Å². The summed E-state index contributed by atoms with van der Waals surface area (Å²) < 4.78 is 5.39. The van der Waals surface area contributed by atoms with Gasteiger partial charge in [-0.05, 0) is 48.7 Å². The van der Waals surface area contributed by atoms with E-state index < -0.39 is 0 Å². The second-order valence-electron chi connectivity index (χ2n) is 7.76. The third kappa shape index (κ3) is 2.12. The zero-order valence-electron chi connectivity index (χ0n) is 15.4. The van der Waals surface area contributed by atoms with Crippen molar-refractivity contribution in [2.24, 2.45) is 0 Å². The van der Waals surface area contributed by atoms with Crippen molar-refractivity contribution in [3.8, 4) is 0 Å². The highest BCUT2D eigenvalue weighted by Gasteiger charge is 2.53. The van der Waals surface area contributed by atoms with E-state index in [-0.39, 0.29) is 11.5 Å². The maximum atomic E-state index is 5.39. The summed E-state index contributed by atoms with van der Waals surface area (Å²) in [5.41, 5.74) is 4.81. The minimum Gasteiger partial charge on any atom is -0.472 e. The Labute approximate surface area is 162 Å². The maximum absolute atomic E-state index is 5.39. The van der Waals surface area contributed by atoms with Gasteiger partial charge < -0.3 is 19.6 Å². The molecule has 1 saturated heterocycles. The number of H-pyrrole nitrogens is 1. The van der Waals surface area contributed by atoms with Crippen LogP contribution < -0.4 is 10.2 Å². The Balaban J connectivity index is 1.59. The number of benzene rings is 1. The number of nitrogens with one attached hydrogen (secondary N) is 2. The number of para-hydroxylation sites is 1. The van der Waals surface area contributed by atoms with Crippen LogP contribution in [0.15, 0.2) is 65.9 Å². The Bertz CT molecular complexity index is 1130. The first-order valence-corrected chi connectivity index (χ1v) is 9.75. The normalized spacial score (nSPS) is 23.7. The molecule has 2 N–H and O–H groups in total. The number of furan rings is 1. The molecule has 6 heteroatoms. The van der Waals surface area contributed by atoms with Gasteiger partial charge in [-0.2, -0.15) is 0 Å². The van der Waals surface area contributed by atoms with Crippen LogP contribution in [-0.4, -0.2) is 34.1 Å². The van der Waals surface area contributed by atoms with Crippen LogP contribution >= 0.6 is 0 Å². The average Bonchev–Trinajstić information content (AvgIpc) is 3.51. The molecular weight excluding hydrogens is 350 g/mol. The highest BCUT2D eigenvalue weighted by molar-refractivity contribution is 5.91. The zero-order chi connectivity index (χ0) is 18.6. The van der Waals surface area contributed by atoms with Gasteiger partial charge in [0.2, 0.25) is 0 Å². The van der Waals surface area contributed by atoms with Gasteiger partial charge in [-0.15, -0.1) is 0 Å². The lowest BCUT2D eigenvalue weighted by Crippen LogP contribution is -2.46. The summed E-state index contributed by atoms with van der Waals surface area (Å²) in [6.45, 7) is 2.01. The lowest BCUT2D eigenvalue weighted by atomic mass is 9.74. The van der Waals surface area contributed by atoms with Gasteiger partial charge >= 0.3 is 0 Å². The van der Waals surface area contributed by atoms with Crippen LogP contribution in [0.2, 0.25) is 0 Å². The van der Waals surface area contributed by atoms with Crippen LogP contribution in [0.4, 0.5) is 11.5 Å². The van der Waals surface area contributed by atoms with Crippen LogP contribution in [0.1, 0.15) is 17.5 Å². The molecule has 2 atom stereocenters. The number of aromatic amines is 1. The smallest absolute Gasteiger partial charge is 0.146 e. The van der Waals surface area contributed by atoms with Crippen LogP contribution in [0.25, 0.3) is 11.0 Å². The molecule has 2 aliphatic rings. The van der Waals surface area contributed by atoms with Crippen molar-refractivity contribution in [1.82, 2.24) is 20.3 Å². The topological polar surface area (TPSA) is 70.0 Å². The molecule has 5 heterocycles. The van der Waals surface area contributed by atoms with Gasteiger partial charge in [0.1, 0.15) is 17.8 Å². The van der Waals surface area contributed by atoms with Crippen molar-refractivity contribution in [2.75, 3.05) is 18.0 Å². The van der Waals surface area contributed by atoms with E-state index in [9.17, 15) is 0 Å². The van der Waals surface area contributed by atoms with E-state index in [0.29, 0.717) is 0 Å². The highest BCUT2D eigenvalue weighted by atomic mass is 16.3. The molecule has 6 rings (SSSR count). The SMILES string of the molecule is c1ccc2c(c1)N(c1ncnc3[nH]ccc13)C(Cc1ccoc1)C21CCNC1. The van der Waals surface area contributed by atoms with E-state index in [1.165, 1.54) is 16.8 Å². The standard InChI is InChI=1S/C22H21N5O/c1-2-4-18-17(3-1)22(7-9-23-13-22)19(11-15-6-10-28-12-15)27(18)21-16-5-8-24-20(16)25-14-26-21/h1-6,8,10,12,14,19,23H,7,9,11,13H2,(H,24,25,26). The lowest BCUT2D eigenvalue weighted by Gasteiger charge is -2.36. The maximum Gasteiger partial charge on any atom is 0.146 e. The largest absolute Gasteiger partial charge is 0.472 e. The fourth-order valence-corrected chi connectivity index (χ4v) is 5.16. The van der Waals surface area contributed by atoms with Gasteiger partial charge in [-0.25, -0.2) is 9.97 Å². The fourth-order valence-electron chi connectivity index (χ4n) is 5.16. The van der Waals surface area contributed by atoms with Crippen LogP contribution in [0, 0.1) is 0 Å². The summed E-state index contributed by atoms with van der Waals surface area (Å²) in [6, 6.07) is 13.2. The average molecular weight is 371 g/mol. The molecular formula is C22H21N5O. The summed E-state index contributed by atoms with van der Waals surface area (Å²) >= 11 is 0. The second-order valence-corrected chi connectivity index (χ2v) is 7.76. The monoisotopic (exact) mass is 371 g/mol. The van der Waals surface area contributed by atoms with E-state index >= 15 is 0 Å². The predicted octanol–water partition coefficient (Wildman–Crippen LogP) is 3.55. The minimum atomic E-state index is 0.0570. The summed E-state index contributed by atoms with van der Waals surface area (Å²) in [5.74, 6) is 0.968. The molecule has 1 fully saturated rings. The summed E-state index contributed by atoms with van der Waals surface area (Å²) in [7, 11) is 0. The van der Waals surface area contributed by atoms with E-state index in [1.54, 1.807) is 12.6 Å². The molecule has 2 unspecified atom stereocenters. The molecule has 1 spiro atoms. The Morgan fingerprint density at radius 1 is 1.18 bits per heavy atom. The number of anilines is 2. The van der Waals surface area contributed by atoms with Crippen molar-refractivity contribution in [2.45, 2.75) is 24.3 Å². The first kappa shape index (κ1) is 15.9. The van der Waals surface area contributed by atoms with Crippen molar-refractivity contribution >= 4 is 22.5 Å². The Kier molecular flexibility index (Phi) is 3.37. The summed E-state index contributed by atoms with van der Waals surface area (Å²) in [4.78, 5) is 14.8. The fraction of sp³-hybridized carbons (Fsp3) is 0.273. The first-order valence-electron chi connectivity index (χ1n) is 9.75. The molecule has 0 bridgehead atoms. The number of hydrogen-bond acceptors (Lipinski definition) is 5. The Morgan fingerprint density at radius 2 is 2.14 bits per heavy atom. The molecule has 1 aromatic carbocycles. The van der Waals surface area contributed by atoms with Gasteiger partial charge in [-0.1, -0.05) is 18.2 Å². The van der Waals surface area contributed by atoms with Gasteiger partial charge in [0.25, 0.3) is 0 Å². The lowest BCUT2D eigenvalue weighted by molar-refractivity contribution is 0.392. The predicted molar refractivity (Wildman–Crippen MR) is 108 cm³/mol. The van der Waals surface area contributed by atoms with Gasteiger partial charge in [0.05, 0.1) is 24.0 Å². The molecule has 3 aromatic heterocycles. The number of rotatable bonds is 3. The van der Waals surface area contributed by atoms with Crippen molar-refractivity contribution < 1.29 is 4.42 Å². The van der Waals surface area contributed by atoms with E-state index in [0.717, 1.165) is 42.8 Å². The zero-order valence-corrected chi connectivity index (χ0v) is 15.4. The van der Waals surface area contributed by atoms with E-state index in [2.05, 4.69) is 56.6 Å². The Morgan fingerprint density at radius 3 is 3.00 bits per heavy atom. The third-order valence-corrected chi connectivity index (χ3v) is 6.41. The molecule has 0 radical (unpaired) electrons. The molecule has 140 valence electrons. The summed E-state index contributed by atoms with van der Waals surface area (Å²) in [5, 5.41) is 4.67. The van der Waals surface area contributed by atoms with Gasteiger partial charge in [0.15, 0.2) is 0 Å². The highest BCUT2D eigenvalue weighted by Crippen LogP contribution is 2.52. The number of nitrogens with zero attached hydrogens (tertiary/aromatic N) is 3. The van der Waals surface area contributed by atoms with Crippen LogP contribution in [-0.2, 0) is 11.8 Å². The van der Waals surface area contributed by atoms with Gasteiger partial charge in [-0.3, -0.25) is 0 Å². The molecule has 0 amide bonds. The quantitative estimate of drug-likeness (QED) is 0.576. The molecule has 4 aromatic rings. The Hall–Kier alpha value is -3.12. The molecule has 0 saturated carbocycles. The van der Waals surface area contributed by atoms with E-state index in [4.69, 9.17) is 9.40 Å². The first-order chi connectivity index (χ1) is 13.9. The number of fused-ring (bicyclic) bond motifs is 3. The molecule has 2 aliphatic heterocycles. The summed E-state index contributed by atoms with van der Waals surface area (Å²) in [6.07, 6.45) is 9.24. The molecule has 6 nitrogen and oxygen atoms in total. The van der Waals surface area contributed by atoms with Gasteiger partial charge in [0, 0.05) is 23.8 Å². The van der Waals surface area contributed by atoms with E-state index in [1.807, 2.05) is 12.5 Å². The number of aromatic nitrogens is 3. The van der Waals surface area contributed by atoms with Crippen LogP contribution in [0.5, 0.6) is 0 Å². The molecule has 28 heavy (non-hydrogen) atoms. The third-order valence-electron chi connectivity index (χ3n) is 6.41. The minimum absolute atomic E-state index is 0.0570. The second kappa shape index (κ2) is 5.94. The molecule has 0 aliphatic carbocycles.